The Hall–Kier alpha value is -1.83. The van der Waals surface area contributed by atoms with E-state index >= 15 is 0 Å². The lowest BCUT2D eigenvalue weighted by Crippen LogP contribution is -2.21. The molecule has 0 saturated heterocycles. The Balaban J connectivity index is 2.17. The van der Waals surface area contributed by atoms with Crippen LogP contribution in [0, 0.1) is 0 Å². The van der Waals surface area contributed by atoms with Crippen LogP contribution in [-0.2, 0) is 0 Å². The Kier molecular flexibility index (Phi) is 3.14. The predicted molar refractivity (Wildman–Crippen MR) is 70.8 cm³/mol. The SMILES string of the molecule is CC1=CC=C(c2ccc(C(=O)N(C)C)cc2)C1. The normalized spacial score (nSPS) is 14.3. The molecule has 0 atom stereocenters. The van der Waals surface area contributed by atoms with Gasteiger partial charge in [-0.25, -0.2) is 0 Å². The average molecular weight is 227 g/mol. The van der Waals surface area contributed by atoms with Crippen molar-refractivity contribution in [3.8, 4) is 0 Å². The predicted octanol–water partition coefficient (Wildman–Crippen LogP) is 3.12. The number of rotatable bonds is 2. The topological polar surface area (TPSA) is 20.3 Å². The van der Waals surface area contributed by atoms with Gasteiger partial charge < -0.3 is 4.90 Å². The summed E-state index contributed by atoms with van der Waals surface area (Å²) in [5.74, 6) is 0.0475. The second kappa shape index (κ2) is 4.58. The Labute approximate surface area is 102 Å². The van der Waals surface area contributed by atoms with Crippen LogP contribution in [0.25, 0.3) is 5.57 Å². The van der Waals surface area contributed by atoms with Crippen molar-refractivity contribution >= 4 is 11.5 Å². The Morgan fingerprint density at radius 2 is 1.76 bits per heavy atom. The maximum atomic E-state index is 11.7. The molecule has 0 fully saturated rings. The molecule has 17 heavy (non-hydrogen) atoms. The number of carbonyl (C=O) groups excluding carboxylic acids is 1. The van der Waals surface area contributed by atoms with E-state index in [2.05, 4.69) is 19.1 Å². The number of allylic oxidation sites excluding steroid dienone is 4. The fraction of sp³-hybridized carbons (Fsp3) is 0.267. The molecule has 0 unspecified atom stereocenters. The fourth-order valence-electron chi connectivity index (χ4n) is 1.94. The van der Waals surface area contributed by atoms with Crippen LogP contribution >= 0.6 is 0 Å². The summed E-state index contributed by atoms with van der Waals surface area (Å²) in [5, 5.41) is 0. The van der Waals surface area contributed by atoms with Crippen molar-refractivity contribution < 1.29 is 4.79 Å². The molecule has 1 aliphatic rings. The van der Waals surface area contributed by atoms with E-state index in [9.17, 15) is 4.79 Å². The van der Waals surface area contributed by atoms with Gasteiger partial charge in [0.25, 0.3) is 5.91 Å². The zero-order valence-electron chi connectivity index (χ0n) is 10.5. The maximum absolute atomic E-state index is 11.7. The summed E-state index contributed by atoms with van der Waals surface area (Å²) in [6, 6.07) is 7.84. The maximum Gasteiger partial charge on any atom is 0.253 e. The van der Waals surface area contributed by atoms with Crippen LogP contribution in [0.15, 0.2) is 42.0 Å². The molecule has 0 bridgehead atoms. The number of carbonyl (C=O) groups is 1. The number of benzene rings is 1. The van der Waals surface area contributed by atoms with Gasteiger partial charge in [-0.1, -0.05) is 29.9 Å². The van der Waals surface area contributed by atoms with Gasteiger partial charge in [0.15, 0.2) is 0 Å². The molecule has 2 nitrogen and oxygen atoms in total. The molecule has 0 radical (unpaired) electrons. The highest BCUT2D eigenvalue weighted by Gasteiger charge is 2.10. The fourth-order valence-corrected chi connectivity index (χ4v) is 1.94. The van der Waals surface area contributed by atoms with Crippen molar-refractivity contribution in [1.29, 1.82) is 0 Å². The van der Waals surface area contributed by atoms with Gasteiger partial charge in [0.05, 0.1) is 0 Å². The van der Waals surface area contributed by atoms with Gasteiger partial charge in [-0.05, 0) is 36.6 Å². The standard InChI is InChI=1S/C15H17NO/c1-11-4-5-14(10-11)12-6-8-13(9-7-12)15(17)16(2)3/h4-9H,10H2,1-3H3. The van der Waals surface area contributed by atoms with Crippen molar-refractivity contribution in [3.63, 3.8) is 0 Å². The molecule has 1 amide bonds. The minimum atomic E-state index is 0.0475. The molecule has 0 saturated carbocycles. The average Bonchev–Trinajstić information content (AvgIpc) is 2.75. The Morgan fingerprint density at radius 1 is 1.12 bits per heavy atom. The van der Waals surface area contributed by atoms with Crippen LogP contribution in [-0.4, -0.2) is 24.9 Å². The van der Waals surface area contributed by atoms with E-state index in [1.165, 1.54) is 16.7 Å². The lowest BCUT2D eigenvalue weighted by atomic mass is 10.0. The highest BCUT2D eigenvalue weighted by Crippen LogP contribution is 2.27. The number of nitrogens with zero attached hydrogens (tertiary/aromatic N) is 1. The van der Waals surface area contributed by atoms with E-state index < -0.39 is 0 Å². The van der Waals surface area contributed by atoms with E-state index in [1.54, 1.807) is 19.0 Å². The number of hydrogen-bond donors (Lipinski definition) is 0. The molecule has 1 aromatic carbocycles. The minimum absolute atomic E-state index is 0.0475. The first kappa shape index (κ1) is 11.6. The van der Waals surface area contributed by atoms with Gasteiger partial charge >= 0.3 is 0 Å². The molecular weight excluding hydrogens is 210 g/mol. The first-order valence-electron chi connectivity index (χ1n) is 5.76. The van der Waals surface area contributed by atoms with Crippen LogP contribution in [0.4, 0.5) is 0 Å². The second-order valence-electron chi connectivity index (χ2n) is 4.66. The highest BCUT2D eigenvalue weighted by atomic mass is 16.2. The smallest absolute Gasteiger partial charge is 0.253 e. The van der Waals surface area contributed by atoms with Crippen molar-refractivity contribution in [1.82, 2.24) is 4.90 Å². The zero-order chi connectivity index (χ0) is 12.4. The summed E-state index contributed by atoms with van der Waals surface area (Å²) < 4.78 is 0. The summed E-state index contributed by atoms with van der Waals surface area (Å²) in [5.41, 5.74) is 4.65. The van der Waals surface area contributed by atoms with Crippen molar-refractivity contribution in [2.24, 2.45) is 0 Å². The first-order chi connectivity index (χ1) is 8.08. The molecular formula is C15H17NO. The van der Waals surface area contributed by atoms with Crippen molar-refractivity contribution in [3.05, 3.63) is 53.1 Å². The Morgan fingerprint density at radius 3 is 2.24 bits per heavy atom. The summed E-state index contributed by atoms with van der Waals surface area (Å²) in [4.78, 5) is 13.3. The Bertz CT molecular complexity index is 492. The van der Waals surface area contributed by atoms with E-state index in [-0.39, 0.29) is 5.91 Å². The zero-order valence-corrected chi connectivity index (χ0v) is 10.5. The van der Waals surface area contributed by atoms with Gasteiger partial charge in [0, 0.05) is 19.7 Å². The summed E-state index contributed by atoms with van der Waals surface area (Å²) in [6.45, 7) is 2.13. The van der Waals surface area contributed by atoms with E-state index in [1.807, 2.05) is 24.3 Å². The lowest BCUT2D eigenvalue weighted by molar-refractivity contribution is 0.0827. The van der Waals surface area contributed by atoms with Gasteiger partial charge in [-0.15, -0.1) is 0 Å². The van der Waals surface area contributed by atoms with Crippen LogP contribution in [0.3, 0.4) is 0 Å². The summed E-state index contributed by atoms with van der Waals surface area (Å²) in [6.07, 6.45) is 5.31. The monoisotopic (exact) mass is 227 g/mol. The molecule has 1 aromatic rings. The van der Waals surface area contributed by atoms with Crippen LogP contribution < -0.4 is 0 Å². The molecule has 1 aliphatic carbocycles. The van der Waals surface area contributed by atoms with E-state index in [0.717, 1.165) is 12.0 Å². The van der Waals surface area contributed by atoms with Crippen LogP contribution in [0.5, 0.6) is 0 Å². The number of amides is 1. The third-order valence-electron chi connectivity index (χ3n) is 2.95. The quantitative estimate of drug-likeness (QED) is 0.760. The third kappa shape index (κ3) is 2.47. The van der Waals surface area contributed by atoms with Gasteiger partial charge in [-0.3, -0.25) is 4.79 Å². The molecule has 2 rings (SSSR count). The molecule has 0 aliphatic heterocycles. The van der Waals surface area contributed by atoms with Crippen LogP contribution in [0.1, 0.15) is 29.3 Å². The first-order valence-corrected chi connectivity index (χ1v) is 5.76. The summed E-state index contributed by atoms with van der Waals surface area (Å²) >= 11 is 0. The molecule has 2 heteroatoms. The lowest BCUT2D eigenvalue weighted by Gasteiger charge is -2.11. The van der Waals surface area contributed by atoms with Crippen molar-refractivity contribution in [2.45, 2.75) is 13.3 Å². The second-order valence-corrected chi connectivity index (χ2v) is 4.66. The van der Waals surface area contributed by atoms with E-state index in [0.29, 0.717) is 0 Å². The van der Waals surface area contributed by atoms with Gasteiger partial charge in [0.1, 0.15) is 0 Å². The molecule has 0 aromatic heterocycles. The van der Waals surface area contributed by atoms with Crippen molar-refractivity contribution in [2.75, 3.05) is 14.1 Å². The number of hydrogen-bond acceptors (Lipinski definition) is 1. The summed E-state index contributed by atoms with van der Waals surface area (Å²) in [7, 11) is 3.53. The minimum Gasteiger partial charge on any atom is -0.345 e. The van der Waals surface area contributed by atoms with E-state index in [4.69, 9.17) is 0 Å². The van der Waals surface area contributed by atoms with Gasteiger partial charge in [0.2, 0.25) is 0 Å². The molecule has 0 N–H and O–H groups in total. The van der Waals surface area contributed by atoms with Gasteiger partial charge in [-0.2, -0.15) is 0 Å². The highest BCUT2D eigenvalue weighted by molar-refractivity contribution is 5.94. The largest absolute Gasteiger partial charge is 0.345 e. The molecule has 88 valence electrons. The molecule has 0 heterocycles. The van der Waals surface area contributed by atoms with Crippen LogP contribution in [0.2, 0.25) is 0 Å². The molecule has 0 spiro atoms. The third-order valence-corrected chi connectivity index (χ3v) is 2.95.